The lowest BCUT2D eigenvalue weighted by atomic mass is 10.1. The van der Waals surface area contributed by atoms with Gasteiger partial charge in [0.05, 0.1) is 13.2 Å². The van der Waals surface area contributed by atoms with Gasteiger partial charge < -0.3 is 14.8 Å². The first-order valence-corrected chi connectivity index (χ1v) is 9.18. The molecule has 0 radical (unpaired) electrons. The summed E-state index contributed by atoms with van der Waals surface area (Å²) in [5, 5.41) is 3.20. The average molecular weight is 358 g/mol. The fourth-order valence-electron chi connectivity index (χ4n) is 3.10. The van der Waals surface area contributed by atoms with Gasteiger partial charge in [0.2, 0.25) is 0 Å². The summed E-state index contributed by atoms with van der Waals surface area (Å²) >= 11 is 0. The second-order valence-electron chi connectivity index (χ2n) is 6.56. The van der Waals surface area contributed by atoms with Crippen LogP contribution in [0.25, 0.3) is 0 Å². The second kappa shape index (κ2) is 9.67. The number of benzene rings is 2. The van der Waals surface area contributed by atoms with Gasteiger partial charge in [-0.1, -0.05) is 24.3 Å². The van der Waals surface area contributed by atoms with Gasteiger partial charge in [-0.3, -0.25) is 4.90 Å². The monoisotopic (exact) mass is 358 g/mol. The maximum Gasteiger partial charge on any atom is 0.131 e. The number of halogens is 1. The number of hydrogen-bond acceptors (Lipinski definition) is 4. The molecule has 0 unspecified atom stereocenters. The van der Waals surface area contributed by atoms with E-state index in [0.717, 1.165) is 62.9 Å². The van der Waals surface area contributed by atoms with Crippen LogP contribution in [0.5, 0.6) is 11.5 Å². The van der Waals surface area contributed by atoms with Crippen molar-refractivity contribution in [2.24, 2.45) is 0 Å². The van der Waals surface area contributed by atoms with Crippen molar-refractivity contribution in [2.45, 2.75) is 19.6 Å². The molecule has 0 bridgehead atoms. The highest BCUT2D eigenvalue weighted by Gasteiger charge is 2.11. The topological polar surface area (TPSA) is 33.7 Å². The quantitative estimate of drug-likeness (QED) is 0.783. The van der Waals surface area contributed by atoms with Crippen molar-refractivity contribution in [1.82, 2.24) is 10.2 Å². The van der Waals surface area contributed by atoms with E-state index in [9.17, 15) is 4.39 Å². The third kappa shape index (κ3) is 5.27. The van der Waals surface area contributed by atoms with E-state index in [0.29, 0.717) is 5.56 Å². The van der Waals surface area contributed by atoms with Crippen LogP contribution in [-0.2, 0) is 24.4 Å². The second-order valence-corrected chi connectivity index (χ2v) is 6.56. The van der Waals surface area contributed by atoms with E-state index in [2.05, 4.69) is 22.3 Å². The fourth-order valence-corrected chi connectivity index (χ4v) is 3.10. The van der Waals surface area contributed by atoms with Crippen LogP contribution in [0.2, 0.25) is 0 Å². The van der Waals surface area contributed by atoms with Gasteiger partial charge in [-0.15, -0.1) is 0 Å². The van der Waals surface area contributed by atoms with Gasteiger partial charge in [0.1, 0.15) is 18.2 Å². The molecular weight excluding hydrogens is 331 g/mol. The molecule has 1 heterocycles. The Bertz CT molecular complexity index is 685. The third-order valence-electron chi connectivity index (χ3n) is 4.62. The minimum absolute atomic E-state index is 0.455. The normalized spacial score (nSPS) is 15.2. The van der Waals surface area contributed by atoms with Crippen molar-refractivity contribution >= 4 is 0 Å². The zero-order valence-corrected chi connectivity index (χ0v) is 15.3. The average Bonchev–Trinajstić information content (AvgIpc) is 2.69. The van der Waals surface area contributed by atoms with Gasteiger partial charge in [-0.2, -0.15) is 0 Å². The highest BCUT2D eigenvalue weighted by molar-refractivity contribution is 5.41. The smallest absolute Gasteiger partial charge is 0.131 e. The number of alkyl halides is 1. The summed E-state index contributed by atoms with van der Waals surface area (Å²) in [5.41, 5.74) is 3.09. The summed E-state index contributed by atoms with van der Waals surface area (Å²) in [7, 11) is 1.93. The molecule has 1 saturated heterocycles. The van der Waals surface area contributed by atoms with Crippen molar-refractivity contribution in [3.63, 3.8) is 0 Å². The number of nitrogens with zero attached hydrogens (tertiary/aromatic N) is 1. The first-order valence-electron chi connectivity index (χ1n) is 9.18. The Kier molecular flexibility index (Phi) is 7.00. The number of morpholine rings is 1. The van der Waals surface area contributed by atoms with Crippen LogP contribution in [0.3, 0.4) is 0 Å². The SMILES string of the molecule is CNCc1cc(CCN2CCOCC2)ccc1Oc1ccc(CF)cc1. The van der Waals surface area contributed by atoms with Crippen molar-refractivity contribution in [3.05, 3.63) is 59.2 Å². The molecule has 2 aromatic rings. The summed E-state index contributed by atoms with van der Waals surface area (Å²) in [5.74, 6) is 1.56. The Labute approximate surface area is 154 Å². The molecule has 3 rings (SSSR count). The van der Waals surface area contributed by atoms with Gasteiger partial charge in [-0.25, -0.2) is 4.39 Å². The zero-order valence-electron chi connectivity index (χ0n) is 15.3. The third-order valence-corrected chi connectivity index (χ3v) is 4.62. The molecule has 2 aromatic carbocycles. The van der Waals surface area contributed by atoms with E-state index in [1.807, 2.05) is 25.2 Å². The molecule has 0 saturated carbocycles. The van der Waals surface area contributed by atoms with Crippen LogP contribution in [0.15, 0.2) is 42.5 Å². The van der Waals surface area contributed by atoms with Crippen molar-refractivity contribution < 1.29 is 13.9 Å². The maximum absolute atomic E-state index is 12.6. The minimum atomic E-state index is -0.455. The van der Waals surface area contributed by atoms with E-state index >= 15 is 0 Å². The van der Waals surface area contributed by atoms with Crippen LogP contribution in [0.1, 0.15) is 16.7 Å². The zero-order chi connectivity index (χ0) is 18.2. The molecule has 1 aliphatic rings. The Morgan fingerprint density at radius 3 is 2.50 bits per heavy atom. The summed E-state index contributed by atoms with van der Waals surface area (Å²) in [6.45, 7) is 5.02. The number of rotatable bonds is 8. The van der Waals surface area contributed by atoms with Crippen LogP contribution in [0.4, 0.5) is 4.39 Å². The van der Waals surface area contributed by atoms with Crippen molar-refractivity contribution in [1.29, 1.82) is 0 Å². The van der Waals surface area contributed by atoms with Crippen LogP contribution < -0.4 is 10.1 Å². The maximum atomic E-state index is 12.6. The van der Waals surface area contributed by atoms with Crippen LogP contribution >= 0.6 is 0 Å². The summed E-state index contributed by atoms with van der Waals surface area (Å²) < 4.78 is 24.1. The predicted molar refractivity (Wildman–Crippen MR) is 101 cm³/mol. The predicted octanol–water partition coefficient (Wildman–Crippen LogP) is 3.54. The summed E-state index contributed by atoms with van der Waals surface area (Å²) in [4.78, 5) is 2.44. The van der Waals surface area contributed by atoms with E-state index in [-0.39, 0.29) is 0 Å². The first kappa shape index (κ1) is 18.8. The van der Waals surface area contributed by atoms with Gasteiger partial charge in [0.25, 0.3) is 0 Å². The Morgan fingerprint density at radius 1 is 1.08 bits per heavy atom. The molecule has 140 valence electrons. The molecule has 0 atom stereocenters. The van der Waals surface area contributed by atoms with Crippen molar-refractivity contribution in [2.75, 3.05) is 39.9 Å². The standard InChI is InChI=1S/C21H27FN2O2/c1-23-16-19-14-17(8-9-24-10-12-25-13-11-24)4-7-21(19)26-20-5-2-18(15-22)3-6-20/h2-7,14,23H,8-13,15-16H2,1H3. The Hall–Kier alpha value is -1.95. The molecule has 0 aliphatic carbocycles. The van der Waals surface area contributed by atoms with Gasteiger partial charge >= 0.3 is 0 Å². The molecule has 0 aromatic heterocycles. The number of hydrogen-bond donors (Lipinski definition) is 1. The van der Waals surface area contributed by atoms with E-state index in [1.54, 1.807) is 12.1 Å². The number of nitrogens with one attached hydrogen (secondary N) is 1. The van der Waals surface area contributed by atoms with E-state index in [4.69, 9.17) is 9.47 Å². The molecule has 26 heavy (non-hydrogen) atoms. The lowest BCUT2D eigenvalue weighted by Crippen LogP contribution is -2.37. The van der Waals surface area contributed by atoms with E-state index < -0.39 is 6.67 Å². The Balaban J connectivity index is 1.66. The molecule has 0 spiro atoms. The lowest BCUT2D eigenvalue weighted by Gasteiger charge is -2.26. The van der Waals surface area contributed by atoms with Gasteiger partial charge in [-0.05, 0) is 42.8 Å². The van der Waals surface area contributed by atoms with Crippen LogP contribution in [-0.4, -0.2) is 44.8 Å². The van der Waals surface area contributed by atoms with Crippen LogP contribution in [0, 0.1) is 0 Å². The molecule has 1 aliphatic heterocycles. The highest BCUT2D eigenvalue weighted by atomic mass is 19.1. The lowest BCUT2D eigenvalue weighted by molar-refractivity contribution is 0.0384. The largest absolute Gasteiger partial charge is 0.457 e. The Morgan fingerprint density at radius 2 is 1.81 bits per heavy atom. The van der Waals surface area contributed by atoms with E-state index in [1.165, 1.54) is 5.56 Å². The number of ether oxygens (including phenoxy) is 2. The first-order chi connectivity index (χ1) is 12.8. The van der Waals surface area contributed by atoms with Crippen molar-refractivity contribution in [3.8, 4) is 11.5 Å². The minimum Gasteiger partial charge on any atom is -0.457 e. The molecule has 4 nitrogen and oxygen atoms in total. The van der Waals surface area contributed by atoms with Gasteiger partial charge in [0, 0.05) is 31.7 Å². The molecule has 1 fully saturated rings. The fraction of sp³-hybridized carbons (Fsp3) is 0.429. The molecule has 5 heteroatoms. The molecular formula is C21H27FN2O2. The molecule has 0 amide bonds. The summed E-state index contributed by atoms with van der Waals surface area (Å²) in [6.07, 6.45) is 1.02. The highest BCUT2D eigenvalue weighted by Crippen LogP contribution is 2.27. The summed E-state index contributed by atoms with van der Waals surface area (Å²) in [6, 6.07) is 13.5. The molecule has 1 N–H and O–H groups in total. The van der Waals surface area contributed by atoms with Gasteiger partial charge in [0.15, 0.2) is 0 Å².